The molecular formula is C10H17NO3. The normalized spacial score (nSPS) is 12.4. The first kappa shape index (κ1) is 12.7. The molecule has 0 aromatic rings. The average Bonchev–Trinajstić information content (AvgIpc) is 1.99. The Morgan fingerprint density at radius 3 is 2.21 bits per heavy atom. The number of aliphatic carboxylic acids is 1. The Bertz CT molecular complexity index is 261. The molecule has 0 aromatic carbocycles. The highest BCUT2D eigenvalue weighted by Crippen LogP contribution is 2.23. The summed E-state index contributed by atoms with van der Waals surface area (Å²) < 4.78 is 0. The molecule has 1 amide bonds. The van der Waals surface area contributed by atoms with Gasteiger partial charge in [-0.05, 0) is 12.3 Å². The molecule has 0 saturated heterocycles. The number of nitrogens with one attached hydrogen (secondary N) is 1. The number of carbonyl (C=O) groups is 2. The van der Waals surface area contributed by atoms with Gasteiger partial charge in [0.1, 0.15) is 6.54 Å². The predicted octanol–water partition coefficient (Wildman–Crippen LogP) is 1.18. The summed E-state index contributed by atoms with van der Waals surface area (Å²) in [5, 5.41) is 10.6. The standard InChI is InChI=1S/C10H17NO3/c1-7(10(2,3)4)5-8(12)11-6-9(13)14/h5H,6H2,1-4H3,(H,11,12)(H,13,14). The fourth-order valence-corrected chi connectivity index (χ4v) is 0.627. The van der Waals surface area contributed by atoms with E-state index in [9.17, 15) is 9.59 Å². The second kappa shape index (κ2) is 4.79. The quantitative estimate of drug-likeness (QED) is 0.671. The molecule has 0 fully saturated rings. The third-order valence-corrected chi connectivity index (χ3v) is 1.94. The monoisotopic (exact) mass is 199 g/mol. The van der Waals surface area contributed by atoms with Crippen LogP contribution in [0.4, 0.5) is 0 Å². The highest BCUT2D eigenvalue weighted by Gasteiger charge is 2.13. The van der Waals surface area contributed by atoms with Gasteiger partial charge in [-0.1, -0.05) is 26.3 Å². The van der Waals surface area contributed by atoms with Crippen LogP contribution < -0.4 is 5.32 Å². The summed E-state index contributed by atoms with van der Waals surface area (Å²) in [7, 11) is 0. The second-order valence-corrected chi connectivity index (χ2v) is 4.19. The van der Waals surface area contributed by atoms with E-state index in [2.05, 4.69) is 5.32 Å². The SMILES string of the molecule is CC(=CC(=O)NCC(=O)O)C(C)(C)C. The van der Waals surface area contributed by atoms with Crippen LogP contribution in [0.5, 0.6) is 0 Å². The van der Waals surface area contributed by atoms with Crippen LogP contribution in [0, 0.1) is 5.41 Å². The van der Waals surface area contributed by atoms with E-state index in [1.54, 1.807) is 0 Å². The topological polar surface area (TPSA) is 66.4 Å². The fraction of sp³-hybridized carbons (Fsp3) is 0.600. The van der Waals surface area contributed by atoms with Crippen molar-refractivity contribution in [2.24, 2.45) is 5.41 Å². The van der Waals surface area contributed by atoms with Gasteiger partial charge in [-0.3, -0.25) is 9.59 Å². The third-order valence-electron chi connectivity index (χ3n) is 1.94. The molecular weight excluding hydrogens is 182 g/mol. The van der Waals surface area contributed by atoms with Crippen LogP contribution in [0.3, 0.4) is 0 Å². The molecule has 0 aliphatic carbocycles. The number of hydrogen-bond acceptors (Lipinski definition) is 2. The van der Waals surface area contributed by atoms with E-state index in [1.165, 1.54) is 6.08 Å². The van der Waals surface area contributed by atoms with Crippen molar-refractivity contribution in [1.82, 2.24) is 5.32 Å². The van der Waals surface area contributed by atoms with E-state index in [-0.39, 0.29) is 17.9 Å². The van der Waals surface area contributed by atoms with E-state index in [0.29, 0.717) is 0 Å². The molecule has 4 heteroatoms. The molecule has 80 valence electrons. The molecule has 0 bridgehead atoms. The van der Waals surface area contributed by atoms with Crippen LogP contribution in [0.15, 0.2) is 11.6 Å². The first-order valence-corrected chi connectivity index (χ1v) is 4.42. The van der Waals surface area contributed by atoms with E-state index < -0.39 is 5.97 Å². The molecule has 0 atom stereocenters. The summed E-state index contributed by atoms with van der Waals surface area (Å²) in [6.07, 6.45) is 1.43. The predicted molar refractivity (Wildman–Crippen MR) is 53.9 cm³/mol. The van der Waals surface area contributed by atoms with Gasteiger partial charge in [-0.25, -0.2) is 0 Å². The van der Waals surface area contributed by atoms with Crippen LogP contribution in [0.25, 0.3) is 0 Å². The van der Waals surface area contributed by atoms with Gasteiger partial charge in [0.05, 0.1) is 0 Å². The smallest absolute Gasteiger partial charge is 0.322 e. The van der Waals surface area contributed by atoms with Crippen molar-refractivity contribution in [3.05, 3.63) is 11.6 Å². The maximum Gasteiger partial charge on any atom is 0.322 e. The van der Waals surface area contributed by atoms with E-state index in [1.807, 2.05) is 27.7 Å². The zero-order valence-corrected chi connectivity index (χ0v) is 9.05. The van der Waals surface area contributed by atoms with Crippen molar-refractivity contribution in [3.8, 4) is 0 Å². The van der Waals surface area contributed by atoms with E-state index in [4.69, 9.17) is 5.11 Å². The summed E-state index contributed by atoms with van der Waals surface area (Å²) in [5.74, 6) is -1.40. The van der Waals surface area contributed by atoms with Crippen LogP contribution in [-0.4, -0.2) is 23.5 Å². The van der Waals surface area contributed by atoms with Gasteiger partial charge in [-0.2, -0.15) is 0 Å². The Morgan fingerprint density at radius 1 is 1.36 bits per heavy atom. The molecule has 0 spiro atoms. The van der Waals surface area contributed by atoms with Gasteiger partial charge in [0.15, 0.2) is 0 Å². The molecule has 0 saturated carbocycles. The van der Waals surface area contributed by atoms with E-state index in [0.717, 1.165) is 5.57 Å². The number of carboxylic acids is 1. The van der Waals surface area contributed by atoms with Crippen LogP contribution in [0.1, 0.15) is 27.7 Å². The lowest BCUT2D eigenvalue weighted by molar-refractivity contribution is -0.137. The fourth-order valence-electron chi connectivity index (χ4n) is 0.627. The van der Waals surface area contributed by atoms with Gasteiger partial charge < -0.3 is 10.4 Å². The Kier molecular flexibility index (Phi) is 4.34. The lowest BCUT2D eigenvalue weighted by Crippen LogP contribution is -2.28. The molecule has 0 aliphatic heterocycles. The van der Waals surface area contributed by atoms with Gasteiger partial charge in [0.2, 0.25) is 5.91 Å². The first-order chi connectivity index (χ1) is 6.23. The van der Waals surface area contributed by atoms with Gasteiger partial charge in [0, 0.05) is 6.08 Å². The van der Waals surface area contributed by atoms with Crippen LogP contribution >= 0.6 is 0 Å². The molecule has 0 unspecified atom stereocenters. The third kappa shape index (κ3) is 5.35. The maximum atomic E-state index is 11.2. The van der Waals surface area contributed by atoms with Gasteiger partial charge in [-0.15, -0.1) is 0 Å². The maximum absolute atomic E-state index is 11.2. The second-order valence-electron chi connectivity index (χ2n) is 4.19. The minimum Gasteiger partial charge on any atom is -0.480 e. The Hall–Kier alpha value is -1.32. The summed E-state index contributed by atoms with van der Waals surface area (Å²) in [6.45, 7) is 7.48. The largest absolute Gasteiger partial charge is 0.480 e. The molecule has 2 N–H and O–H groups in total. The van der Waals surface area contributed by atoms with Crippen molar-refractivity contribution in [1.29, 1.82) is 0 Å². The Labute approximate surface area is 84.0 Å². The minimum atomic E-state index is -1.04. The summed E-state index contributed by atoms with van der Waals surface area (Å²) >= 11 is 0. The lowest BCUT2D eigenvalue weighted by atomic mass is 9.87. The molecule has 0 heterocycles. The van der Waals surface area contributed by atoms with E-state index >= 15 is 0 Å². The zero-order valence-electron chi connectivity index (χ0n) is 9.05. The van der Waals surface area contributed by atoms with Crippen molar-refractivity contribution in [3.63, 3.8) is 0 Å². The Balaban J connectivity index is 4.23. The van der Waals surface area contributed by atoms with Crippen molar-refractivity contribution in [2.75, 3.05) is 6.54 Å². The molecule has 0 aromatic heterocycles. The van der Waals surface area contributed by atoms with Crippen LogP contribution in [-0.2, 0) is 9.59 Å². The Morgan fingerprint density at radius 2 is 1.86 bits per heavy atom. The lowest BCUT2D eigenvalue weighted by Gasteiger charge is -2.18. The van der Waals surface area contributed by atoms with Crippen molar-refractivity contribution >= 4 is 11.9 Å². The number of amides is 1. The number of allylic oxidation sites excluding steroid dienone is 1. The molecule has 14 heavy (non-hydrogen) atoms. The van der Waals surface area contributed by atoms with Gasteiger partial charge in [0.25, 0.3) is 0 Å². The highest BCUT2D eigenvalue weighted by atomic mass is 16.4. The number of hydrogen-bond donors (Lipinski definition) is 2. The number of carbonyl (C=O) groups excluding carboxylic acids is 1. The summed E-state index contributed by atoms with van der Waals surface area (Å²) in [5.41, 5.74) is 0.848. The van der Waals surface area contributed by atoms with Crippen molar-refractivity contribution < 1.29 is 14.7 Å². The molecule has 0 rings (SSSR count). The molecule has 4 nitrogen and oxygen atoms in total. The average molecular weight is 199 g/mol. The molecule has 0 radical (unpaired) electrons. The number of carboxylic acid groups (broad SMARTS) is 1. The highest BCUT2D eigenvalue weighted by molar-refractivity contribution is 5.90. The minimum absolute atomic E-state index is 0.0689. The zero-order chi connectivity index (χ0) is 11.4. The first-order valence-electron chi connectivity index (χ1n) is 4.42. The summed E-state index contributed by atoms with van der Waals surface area (Å²) in [6, 6.07) is 0. The van der Waals surface area contributed by atoms with Gasteiger partial charge >= 0.3 is 5.97 Å². The summed E-state index contributed by atoms with van der Waals surface area (Å²) in [4.78, 5) is 21.3. The molecule has 0 aliphatic rings. The van der Waals surface area contributed by atoms with Crippen LogP contribution in [0.2, 0.25) is 0 Å². The van der Waals surface area contributed by atoms with Crippen molar-refractivity contribution in [2.45, 2.75) is 27.7 Å². The number of rotatable bonds is 3.